The van der Waals surface area contributed by atoms with Crippen LogP contribution in [0.3, 0.4) is 0 Å². The van der Waals surface area contributed by atoms with Crippen molar-refractivity contribution >= 4 is 17.4 Å². The van der Waals surface area contributed by atoms with Gasteiger partial charge in [0.1, 0.15) is 23.1 Å². The van der Waals surface area contributed by atoms with Gasteiger partial charge in [-0.15, -0.1) is 0 Å². The maximum atomic E-state index is 13.8. The van der Waals surface area contributed by atoms with E-state index in [1.54, 1.807) is 19.2 Å². The highest BCUT2D eigenvalue weighted by Gasteiger charge is 2.31. The Bertz CT molecular complexity index is 1010. The lowest BCUT2D eigenvalue weighted by Gasteiger charge is -2.11. The second-order valence-corrected chi connectivity index (χ2v) is 6.57. The Balaban J connectivity index is 1.60. The molecule has 6 nitrogen and oxygen atoms in total. The average molecular weight is 384 g/mol. The first-order chi connectivity index (χ1) is 13.5. The summed E-state index contributed by atoms with van der Waals surface area (Å²) in [5, 5.41) is 12.5. The van der Waals surface area contributed by atoms with Crippen molar-refractivity contribution < 1.29 is 18.3 Å². The molecule has 3 aromatic rings. The zero-order valence-electron chi connectivity index (χ0n) is 15.1. The number of carbonyl (C=O) groups excluding carboxylic acids is 1. The van der Waals surface area contributed by atoms with E-state index < -0.39 is 17.7 Å². The lowest BCUT2D eigenvalue weighted by atomic mass is 10.1. The number of aromatic amines is 1. The van der Waals surface area contributed by atoms with Gasteiger partial charge in [0.2, 0.25) is 0 Å². The molecule has 8 heteroatoms. The molecule has 0 spiro atoms. The molecule has 0 saturated heterocycles. The SMILES string of the molecule is COc1ccc(-c2n[nH]c(C3CC3)c2NC(=O)Nc2ccc(F)cc2F)cc1. The number of benzene rings is 2. The molecule has 0 unspecified atom stereocenters. The lowest BCUT2D eigenvalue weighted by molar-refractivity contribution is 0.262. The Morgan fingerprint density at radius 3 is 2.54 bits per heavy atom. The molecule has 1 saturated carbocycles. The molecule has 144 valence electrons. The Kier molecular flexibility index (Phi) is 4.68. The van der Waals surface area contributed by atoms with Crippen molar-refractivity contribution in [2.75, 3.05) is 17.7 Å². The van der Waals surface area contributed by atoms with Gasteiger partial charge in [0.05, 0.1) is 24.2 Å². The number of carbonyl (C=O) groups is 1. The van der Waals surface area contributed by atoms with Crippen molar-refractivity contribution in [2.45, 2.75) is 18.8 Å². The van der Waals surface area contributed by atoms with Gasteiger partial charge in [-0.3, -0.25) is 5.10 Å². The molecular weight excluding hydrogens is 366 g/mol. The Hall–Kier alpha value is -3.42. The van der Waals surface area contributed by atoms with Gasteiger partial charge in [-0.25, -0.2) is 13.6 Å². The second-order valence-electron chi connectivity index (χ2n) is 6.57. The van der Waals surface area contributed by atoms with Crippen LogP contribution in [-0.4, -0.2) is 23.3 Å². The van der Waals surface area contributed by atoms with Crippen molar-refractivity contribution in [3.8, 4) is 17.0 Å². The number of nitrogens with one attached hydrogen (secondary N) is 3. The van der Waals surface area contributed by atoms with Gasteiger partial charge in [-0.2, -0.15) is 5.10 Å². The van der Waals surface area contributed by atoms with Crippen LogP contribution in [0.2, 0.25) is 0 Å². The van der Waals surface area contributed by atoms with Crippen LogP contribution in [0.5, 0.6) is 5.75 Å². The van der Waals surface area contributed by atoms with Gasteiger partial charge in [0.15, 0.2) is 0 Å². The number of rotatable bonds is 5. The van der Waals surface area contributed by atoms with Crippen LogP contribution in [0.4, 0.5) is 25.0 Å². The summed E-state index contributed by atoms with van der Waals surface area (Å²) in [5.41, 5.74) is 2.65. The van der Waals surface area contributed by atoms with Crippen molar-refractivity contribution in [2.24, 2.45) is 0 Å². The molecule has 1 aliphatic carbocycles. The summed E-state index contributed by atoms with van der Waals surface area (Å²) in [5.74, 6) is -0.547. The highest BCUT2D eigenvalue weighted by Crippen LogP contribution is 2.45. The molecule has 1 aliphatic rings. The zero-order chi connectivity index (χ0) is 19.7. The standard InChI is InChI=1S/C20H18F2N4O2/c1-28-14-7-4-12(5-8-14)18-19(17(25-26-18)11-2-3-11)24-20(27)23-16-9-6-13(21)10-15(16)22/h4-11H,2-3H2,1H3,(H,25,26)(H2,23,24,27). The van der Waals surface area contributed by atoms with Crippen molar-refractivity contribution in [1.29, 1.82) is 0 Å². The van der Waals surface area contributed by atoms with Crippen molar-refractivity contribution in [3.63, 3.8) is 0 Å². The molecule has 1 aromatic heterocycles. The van der Waals surface area contributed by atoms with E-state index in [9.17, 15) is 13.6 Å². The molecule has 28 heavy (non-hydrogen) atoms. The van der Waals surface area contributed by atoms with E-state index in [2.05, 4.69) is 20.8 Å². The van der Waals surface area contributed by atoms with Crippen LogP contribution in [-0.2, 0) is 0 Å². The summed E-state index contributed by atoms with van der Waals surface area (Å²) in [6.07, 6.45) is 2.01. The van der Waals surface area contributed by atoms with Crippen molar-refractivity contribution in [1.82, 2.24) is 10.2 Å². The summed E-state index contributed by atoms with van der Waals surface area (Å²) in [7, 11) is 1.58. The predicted octanol–water partition coefficient (Wildman–Crippen LogP) is 4.88. The fourth-order valence-corrected chi connectivity index (χ4v) is 2.97. The Labute approximate surface area is 159 Å². The first-order valence-electron chi connectivity index (χ1n) is 8.81. The van der Waals surface area contributed by atoms with E-state index in [4.69, 9.17) is 4.74 Å². The van der Waals surface area contributed by atoms with Crippen LogP contribution >= 0.6 is 0 Å². The molecule has 1 fully saturated rings. The third-order valence-corrected chi connectivity index (χ3v) is 4.56. The number of methoxy groups -OCH3 is 1. The van der Waals surface area contributed by atoms with Crippen LogP contribution < -0.4 is 15.4 Å². The minimum absolute atomic E-state index is 0.110. The smallest absolute Gasteiger partial charge is 0.323 e. The second kappa shape index (κ2) is 7.30. The highest BCUT2D eigenvalue weighted by atomic mass is 19.1. The number of ether oxygens (including phenoxy) is 1. The Morgan fingerprint density at radius 2 is 1.89 bits per heavy atom. The minimum Gasteiger partial charge on any atom is -0.497 e. The first-order valence-corrected chi connectivity index (χ1v) is 8.81. The van der Waals surface area contributed by atoms with Gasteiger partial charge in [0.25, 0.3) is 0 Å². The third-order valence-electron chi connectivity index (χ3n) is 4.56. The van der Waals surface area contributed by atoms with E-state index in [0.717, 1.165) is 30.2 Å². The quantitative estimate of drug-likeness (QED) is 0.586. The van der Waals surface area contributed by atoms with Gasteiger partial charge in [-0.1, -0.05) is 0 Å². The first kappa shape index (κ1) is 18.0. The monoisotopic (exact) mass is 384 g/mol. The summed E-state index contributed by atoms with van der Waals surface area (Å²) < 4.78 is 32.0. The zero-order valence-corrected chi connectivity index (χ0v) is 15.1. The predicted molar refractivity (Wildman–Crippen MR) is 102 cm³/mol. The van der Waals surface area contributed by atoms with Gasteiger partial charge in [-0.05, 0) is 49.2 Å². The number of nitrogens with zero attached hydrogens (tertiary/aromatic N) is 1. The number of halogens is 2. The van der Waals surface area contributed by atoms with E-state index in [1.807, 2.05) is 12.1 Å². The molecule has 1 heterocycles. The molecule has 0 bridgehead atoms. The fraction of sp³-hybridized carbons (Fsp3) is 0.200. The molecule has 0 radical (unpaired) electrons. The van der Waals surface area contributed by atoms with Gasteiger partial charge in [0, 0.05) is 17.5 Å². The van der Waals surface area contributed by atoms with E-state index in [1.165, 1.54) is 6.07 Å². The molecule has 0 atom stereocenters. The summed E-state index contributed by atoms with van der Waals surface area (Å²) in [4.78, 5) is 12.5. The fourth-order valence-electron chi connectivity index (χ4n) is 2.97. The summed E-state index contributed by atoms with van der Waals surface area (Å²) in [6.45, 7) is 0. The number of aromatic nitrogens is 2. The highest BCUT2D eigenvalue weighted by molar-refractivity contribution is 6.02. The molecule has 4 rings (SSSR count). The summed E-state index contributed by atoms with van der Waals surface area (Å²) >= 11 is 0. The maximum Gasteiger partial charge on any atom is 0.323 e. The average Bonchev–Trinajstić information content (AvgIpc) is 3.45. The number of amides is 2. The van der Waals surface area contributed by atoms with Crippen molar-refractivity contribution in [3.05, 3.63) is 59.8 Å². The number of H-pyrrole nitrogens is 1. The molecule has 2 aromatic carbocycles. The van der Waals surface area contributed by atoms with Crippen LogP contribution in [0, 0.1) is 11.6 Å². The topological polar surface area (TPSA) is 79.0 Å². The van der Waals surface area contributed by atoms with Gasteiger partial charge < -0.3 is 15.4 Å². The third kappa shape index (κ3) is 3.66. The van der Waals surface area contributed by atoms with Gasteiger partial charge >= 0.3 is 6.03 Å². The van der Waals surface area contributed by atoms with E-state index in [-0.39, 0.29) is 5.69 Å². The van der Waals surface area contributed by atoms with Crippen LogP contribution in [0.1, 0.15) is 24.5 Å². The Morgan fingerprint density at radius 1 is 1.14 bits per heavy atom. The van der Waals surface area contributed by atoms with E-state index in [0.29, 0.717) is 29.1 Å². The number of anilines is 2. The van der Waals surface area contributed by atoms with Crippen LogP contribution in [0.25, 0.3) is 11.3 Å². The van der Waals surface area contributed by atoms with Crippen LogP contribution in [0.15, 0.2) is 42.5 Å². The molecular formula is C20H18F2N4O2. The molecule has 3 N–H and O–H groups in total. The number of urea groups is 1. The lowest BCUT2D eigenvalue weighted by Crippen LogP contribution is -2.21. The minimum atomic E-state index is -0.847. The molecule has 2 amide bonds. The normalized spacial score (nSPS) is 13.2. The maximum absolute atomic E-state index is 13.8. The number of hydrogen-bond acceptors (Lipinski definition) is 3. The van der Waals surface area contributed by atoms with E-state index >= 15 is 0 Å². The number of hydrogen-bond donors (Lipinski definition) is 3. The summed E-state index contributed by atoms with van der Waals surface area (Å²) in [6, 6.07) is 9.62. The molecule has 0 aliphatic heterocycles. The largest absolute Gasteiger partial charge is 0.497 e.